The first-order valence-corrected chi connectivity index (χ1v) is 10.8. The highest BCUT2D eigenvalue weighted by Crippen LogP contribution is 2.44. The van der Waals surface area contributed by atoms with Crippen LogP contribution in [0, 0.1) is 11.8 Å². The van der Waals surface area contributed by atoms with Crippen molar-refractivity contribution in [1.29, 1.82) is 0 Å². The molecule has 2 fully saturated rings. The second kappa shape index (κ2) is 9.89. The molecule has 0 aromatic heterocycles. The summed E-state index contributed by atoms with van der Waals surface area (Å²) in [4.78, 5) is 37.0. The van der Waals surface area contributed by atoms with Gasteiger partial charge < -0.3 is 10.4 Å². The van der Waals surface area contributed by atoms with E-state index in [0.29, 0.717) is 11.1 Å². The van der Waals surface area contributed by atoms with Gasteiger partial charge in [0.05, 0.1) is 0 Å². The van der Waals surface area contributed by atoms with E-state index in [2.05, 4.69) is 5.32 Å². The molecule has 0 bridgehead atoms. The number of carbonyl (C=O) groups is 3. The number of aliphatic carboxylic acids is 1. The second-order valence-electron chi connectivity index (χ2n) is 8.38. The van der Waals surface area contributed by atoms with Crippen molar-refractivity contribution in [2.24, 2.45) is 11.8 Å². The lowest BCUT2D eigenvalue weighted by molar-refractivity contribution is -0.151. The molecule has 0 radical (unpaired) electrons. The van der Waals surface area contributed by atoms with E-state index >= 15 is 0 Å². The Morgan fingerprint density at radius 2 is 1.57 bits per heavy atom. The monoisotopic (exact) mass is 414 g/mol. The number of rotatable bonds is 7. The van der Waals surface area contributed by atoms with Crippen LogP contribution in [0.15, 0.2) is 30.3 Å². The zero-order valence-corrected chi connectivity index (χ0v) is 17.1. The fourth-order valence-corrected chi connectivity index (χ4v) is 5.13. The summed E-state index contributed by atoms with van der Waals surface area (Å²) < 4.78 is 0. The smallest absolute Gasteiger partial charge is 0.330 e. The lowest BCUT2D eigenvalue weighted by Crippen LogP contribution is -2.63. The van der Waals surface area contributed by atoms with Gasteiger partial charge in [-0.05, 0) is 61.3 Å². The number of hydrogen-bond acceptors (Lipinski definition) is 4. The standard InChI is InChI=1S/C23H30N2O5/c26-20(25-30)14-13-16-7-6-8-17(15-16)21(27)24-23(22(28)29,19-11-4-5-12-19)18-9-2-1-3-10-18/h6-8,13-15,18-19,30H,1-5,9-12H2,(H,24,27)(H,25,26)(H,28,29)/b14-13+/t23-/m1/s1. The van der Waals surface area contributed by atoms with E-state index in [1.54, 1.807) is 24.3 Å². The van der Waals surface area contributed by atoms with Crippen LogP contribution < -0.4 is 10.8 Å². The molecule has 0 spiro atoms. The fraction of sp³-hybridized carbons (Fsp3) is 0.522. The lowest BCUT2D eigenvalue weighted by Gasteiger charge is -2.44. The summed E-state index contributed by atoms with van der Waals surface area (Å²) in [6.07, 6.45) is 11.0. The van der Waals surface area contributed by atoms with Crippen molar-refractivity contribution in [1.82, 2.24) is 10.8 Å². The van der Waals surface area contributed by atoms with Crippen molar-refractivity contribution in [2.45, 2.75) is 63.3 Å². The van der Waals surface area contributed by atoms with Gasteiger partial charge in [0, 0.05) is 11.6 Å². The Kier molecular flexibility index (Phi) is 7.26. The molecule has 0 aliphatic heterocycles. The quantitative estimate of drug-likeness (QED) is 0.309. The molecule has 0 heterocycles. The van der Waals surface area contributed by atoms with Gasteiger partial charge in [-0.25, -0.2) is 10.3 Å². The van der Waals surface area contributed by atoms with Gasteiger partial charge in [-0.2, -0.15) is 0 Å². The van der Waals surface area contributed by atoms with Crippen LogP contribution in [0.4, 0.5) is 0 Å². The summed E-state index contributed by atoms with van der Waals surface area (Å²) in [5.41, 5.74) is 1.22. The Morgan fingerprint density at radius 3 is 2.13 bits per heavy atom. The number of carbonyl (C=O) groups excluding carboxylic acids is 2. The zero-order valence-electron chi connectivity index (χ0n) is 17.1. The molecule has 1 atom stereocenters. The average Bonchev–Trinajstić information content (AvgIpc) is 3.31. The molecule has 7 nitrogen and oxygen atoms in total. The van der Waals surface area contributed by atoms with Crippen LogP contribution in [0.2, 0.25) is 0 Å². The van der Waals surface area contributed by atoms with E-state index in [0.717, 1.165) is 63.9 Å². The predicted octanol–water partition coefficient (Wildman–Crippen LogP) is 3.53. The molecule has 2 amide bonds. The average molecular weight is 415 g/mol. The summed E-state index contributed by atoms with van der Waals surface area (Å²) >= 11 is 0. The van der Waals surface area contributed by atoms with Gasteiger partial charge >= 0.3 is 5.97 Å². The normalized spacial score (nSPS) is 20.0. The molecule has 2 aliphatic rings. The summed E-state index contributed by atoms with van der Waals surface area (Å²) in [6, 6.07) is 6.66. The Bertz CT molecular complexity index is 810. The van der Waals surface area contributed by atoms with Crippen LogP contribution in [0.3, 0.4) is 0 Å². The third-order valence-electron chi connectivity index (χ3n) is 6.61. The fourth-order valence-electron chi connectivity index (χ4n) is 5.13. The number of amides is 2. The largest absolute Gasteiger partial charge is 0.479 e. The Morgan fingerprint density at radius 1 is 0.967 bits per heavy atom. The van der Waals surface area contributed by atoms with Crippen molar-refractivity contribution in [3.63, 3.8) is 0 Å². The van der Waals surface area contributed by atoms with Crippen LogP contribution in [0.25, 0.3) is 6.08 Å². The van der Waals surface area contributed by atoms with E-state index in [4.69, 9.17) is 5.21 Å². The second-order valence-corrected chi connectivity index (χ2v) is 8.38. The third-order valence-corrected chi connectivity index (χ3v) is 6.61. The summed E-state index contributed by atoms with van der Waals surface area (Å²) in [7, 11) is 0. The zero-order chi connectivity index (χ0) is 21.6. The molecule has 1 aromatic rings. The van der Waals surface area contributed by atoms with Gasteiger partial charge in [-0.1, -0.05) is 44.2 Å². The molecule has 3 rings (SSSR count). The Balaban J connectivity index is 1.88. The molecule has 1 aromatic carbocycles. The third kappa shape index (κ3) is 4.73. The maximum atomic E-state index is 13.2. The summed E-state index contributed by atoms with van der Waals surface area (Å²) in [5, 5.41) is 21.9. The molecule has 7 heteroatoms. The van der Waals surface area contributed by atoms with E-state index in [9.17, 15) is 19.5 Å². The first kappa shape index (κ1) is 22.0. The van der Waals surface area contributed by atoms with E-state index in [1.807, 2.05) is 0 Å². The number of nitrogens with one attached hydrogen (secondary N) is 2. The van der Waals surface area contributed by atoms with E-state index in [-0.39, 0.29) is 11.8 Å². The number of carboxylic acid groups (broad SMARTS) is 1. The van der Waals surface area contributed by atoms with Gasteiger partial charge in [-0.15, -0.1) is 0 Å². The van der Waals surface area contributed by atoms with Gasteiger partial charge in [0.25, 0.3) is 11.8 Å². The summed E-state index contributed by atoms with van der Waals surface area (Å²) in [6.45, 7) is 0. The van der Waals surface area contributed by atoms with Gasteiger partial charge in [0.2, 0.25) is 0 Å². The molecule has 0 unspecified atom stereocenters. The highest BCUT2D eigenvalue weighted by Gasteiger charge is 2.53. The SMILES string of the molecule is O=C(/C=C/c1cccc(C(=O)N[C@](C(=O)O)(C2CCCCC2)C2CCCC2)c1)NO. The highest BCUT2D eigenvalue weighted by atomic mass is 16.5. The highest BCUT2D eigenvalue weighted by molar-refractivity contribution is 5.99. The van der Waals surface area contributed by atoms with Crippen molar-refractivity contribution in [2.75, 3.05) is 0 Å². The van der Waals surface area contributed by atoms with Crippen molar-refractivity contribution in [3.05, 3.63) is 41.5 Å². The molecule has 4 N–H and O–H groups in total. The molecule has 162 valence electrons. The maximum absolute atomic E-state index is 13.2. The first-order valence-electron chi connectivity index (χ1n) is 10.8. The van der Waals surface area contributed by atoms with Gasteiger partial charge in [-0.3, -0.25) is 14.8 Å². The molecular formula is C23H30N2O5. The Labute approximate surface area is 176 Å². The number of carboxylic acids is 1. The van der Waals surface area contributed by atoms with Crippen LogP contribution in [0.1, 0.15) is 73.7 Å². The maximum Gasteiger partial charge on any atom is 0.330 e. The minimum atomic E-state index is -1.24. The molecule has 2 aliphatic carbocycles. The number of benzene rings is 1. The minimum absolute atomic E-state index is 0.0571. The molecule has 30 heavy (non-hydrogen) atoms. The van der Waals surface area contributed by atoms with Crippen molar-refractivity contribution < 1.29 is 24.7 Å². The molecular weight excluding hydrogens is 384 g/mol. The molecule has 0 saturated heterocycles. The van der Waals surface area contributed by atoms with Crippen LogP contribution in [-0.4, -0.2) is 33.6 Å². The van der Waals surface area contributed by atoms with Crippen molar-refractivity contribution in [3.8, 4) is 0 Å². The topological polar surface area (TPSA) is 116 Å². The number of hydrogen-bond donors (Lipinski definition) is 4. The lowest BCUT2D eigenvalue weighted by atomic mass is 9.67. The van der Waals surface area contributed by atoms with E-state index in [1.165, 1.54) is 11.6 Å². The van der Waals surface area contributed by atoms with Crippen LogP contribution >= 0.6 is 0 Å². The van der Waals surface area contributed by atoms with Crippen LogP contribution in [-0.2, 0) is 9.59 Å². The Hall–Kier alpha value is -2.67. The minimum Gasteiger partial charge on any atom is -0.479 e. The predicted molar refractivity (Wildman–Crippen MR) is 112 cm³/mol. The van der Waals surface area contributed by atoms with Crippen LogP contribution in [0.5, 0.6) is 0 Å². The number of hydroxylamine groups is 1. The molecule has 2 saturated carbocycles. The van der Waals surface area contributed by atoms with E-state index < -0.39 is 23.3 Å². The first-order chi connectivity index (χ1) is 14.5. The van der Waals surface area contributed by atoms with Crippen molar-refractivity contribution >= 4 is 23.9 Å². The summed E-state index contributed by atoms with van der Waals surface area (Å²) in [5.74, 6) is -2.12. The van der Waals surface area contributed by atoms with Gasteiger partial charge in [0.15, 0.2) is 0 Å². The van der Waals surface area contributed by atoms with Gasteiger partial charge in [0.1, 0.15) is 5.54 Å².